The summed E-state index contributed by atoms with van der Waals surface area (Å²) in [5.74, 6) is -0.163. The highest BCUT2D eigenvalue weighted by Gasteiger charge is 2.22. The quantitative estimate of drug-likeness (QED) is 0.861. The van der Waals surface area contributed by atoms with Crippen LogP contribution in [0.15, 0.2) is 4.52 Å². The molecule has 0 bridgehead atoms. The lowest BCUT2D eigenvalue weighted by molar-refractivity contribution is -0.124. The van der Waals surface area contributed by atoms with E-state index in [-0.39, 0.29) is 11.8 Å². The van der Waals surface area contributed by atoms with E-state index in [2.05, 4.69) is 10.5 Å². The van der Waals surface area contributed by atoms with E-state index in [0.29, 0.717) is 12.3 Å². The molecule has 0 radical (unpaired) electrons. The van der Waals surface area contributed by atoms with E-state index >= 15 is 0 Å². The van der Waals surface area contributed by atoms with Crippen molar-refractivity contribution in [1.29, 1.82) is 5.26 Å². The zero-order chi connectivity index (χ0) is 13.0. The molecular weight excluding hydrogens is 218 g/mol. The van der Waals surface area contributed by atoms with Crippen molar-refractivity contribution in [2.24, 2.45) is 11.8 Å². The molecule has 0 aliphatic heterocycles. The highest BCUT2D eigenvalue weighted by atomic mass is 16.5. The van der Waals surface area contributed by atoms with Crippen molar-refractivity contribution in [3.63, 3.8) is 0 Å². The van der Waals surface area contributed by atoms with Gasteiger partial charge >= 0.3 is 0 Å². The van der Waals surface area contributed by atoms with Gasteiger partial charge in [-0.2, -0.15) is 5.26 Å². The van der Waals surface area contributed by atoms with Crippen LogP contribution in [-0.4, -0.2) is 11.1 Å². The summed E-state index contributed by atoms with van der Waals surface area (Å²) in [6, 6.07) is 2.01. The number of amides is 1. The first-order valence-electron chi connectivity index (χ1n) is 5.56. The summed E-state index contributed by atoms with van der Waals surface area (Å²) in [7, 11) is 0. The topological polar surface area (TPSA) is 78.9 Å². The Bertz CT molecular complexity index is 424. The zero-order valence-electron chi connectivity index (χ0n) is 10.6. The highest BCUT2D eigenvalue weighted by Crippen LogP contribution is 2.13. The minimum Gasteiger partial charge on any atom is -0.361 e. The molecule has 1 aromatic rings. The van der Waals surface area contributed by atoms with Crippen LogP contribution in [0.2, 0.25) is 0 Å². The van der Waals surface area contributed by atoms with Crippen molar-refractivity contribution in [1.82, 2.24) is 10.5 Å². The molecular formula is C12H17N3O2. The zero-order valence-corrected chi connectivity index (χ0v) is 10.6. The summed E-state index contributed by atoms with van der Waals surface area (Å²) in [5.41, 5.74) is 1.64. The first-order chi connectivity index (χ1) is 7.97. The summed E-state index contributed by atoms with van der Waals surface area (Å²) in [5, 5.41) is 15.4. The first kappa shape index (κ1) is 13.2. The number of nitrogens with one attached hydrogen (secondary N) is 1. The van der Waals surface area contributed by atoms with Gasteiger partial charge in [-0.05, 0) is 19.8 Å². The molecule has 0 aliphatic carbocycles. The molecule has 92 valence electrons. The van der Waals surface area contributed by atoms with Crippen LogP contribution in [0.3, 0.4) is 0 Å². The summed E-state index contributed by atoms with van der Waals surface area (Å²) in [4.78, 5) is 11.7. The number of hydrogen-bond donors (Lipinski definition) is 1. The van der Waals surface area contributed by atoms with Gasteiger partial charge in [0, 0.05) is 12.1 Å². The lowest BCUT2D eigenvalue weighted by Crippen LogP contribution is -2.32. The number of rotatable bonds is 4. The van der Waals surface area contributed by atoms with Crippen molar-refractivity contribution in [3.05, 3.63) is 17.0 Å². The average molecular weight is 235 g/mol. The summed E-state index contributed by atoms with van der Waals surface area (Å²) < 4.78 is 5.00. The largest absolute Gasteiger partial charge is 0.361 e. The third-order valence-corrected chi connectivity index (χ3v) is 2.71. The van der Waals surface area contributed by atoms with Crippen LogP contribution in [0.4, 0.5) is 0 Å². The molecule has 0 aliphatic rings. The van der Waals surface area contributed by atoms with Gasteiger partial charge in [0.15, 0.2) is 0 Å². The Morgan fingerprint density at radius 2 is 2.18 bits per heavy atom. The molecule has 0 aromatic carbocycles. The number of nitriles is 1. The van der Waals surface area contributed by atoms with Crippen molar-refractivity contribution in [2.45, 2.75) is 34.2 Å². The van der Waals surface area contributed by atoms with E-state index in [1.54, 1.807) is 6.92 Å². The van der Waals surface area contributed by atoms with Gasteiger partial charge < -0.3 is 9.84 Å². The van der Waals surface area contributed by atoms with Gasteiger partial charge in [-0.3, -0.25) is 4.79 Å². The van der Waals surface area contributed by atoms with Crippen LogP contribution in [0.5, 0.6) is 0 Å². The van der Waals surface area contributed by atoms with Crippen LogP contribution in [-0.2, 0) is 11.3 Å². The van der Waals surface area contributed by atoms with Gasteiger partial charge in [0.05, 0.1) is 11.8 Å². The van der Waals surface area contributed by atoms with Gasteiger partial charge in [0.1, 0.15) is 11.7 Å². The minimum atomic E-state index is -0.615. The van der Waals surface area contributed by atoms with E-state index < -0.39 is 5.92 Å². The lowest BCUT2D eigenvalue weighted by atomic mass is 9.96. The van der Waals surface area contributed by atoms with Crippen LogP contribution in [0, 0.1) is 37.0 Å². The number of aromatic nitrogens is 1. The number of aryl methyl sites for hydroxylation is 2. The van der Waals surface area contributed by atoms with Gasteiger partial charge in [-0.1, -0.05) is 19.0 Å². The van der Waals surface area contributed by atoms with E-state index in [1.807, 2.05) is 26.8 Å². The molecule has 1 N–H and O–H groups in total. The monoisotopic (exact) mass is 235 g/mol. The summed E-state index contributed by atoms with van der Waals surface area (Å²) >= 11 is 0. The van der Waals surface area contributed by atoms with Crippen molar-refractivity contribution in [3.8, 4) is 6.07 Å². The molecule has 1 amide bonds. The summed E-state index contributed by atoms with van der Waals surface area (Å²) in [6.07, 6.45) is 0. The van der Waals surface area contributed by atoms with Crippen molar-refractivity contribution >= 4 is 5.91 Å². The molecule has 1 aromatic heterocycles. The minimum absolute atomic E-state index is 0.00432. The fourth-order valence-electron chi connectivity index (χ4n) is 1.55. The number of carbonyl (C=O) groups excluding carboxylic acids is 1. The van der Waals surface area contributed by atoms with Crippen LogP contribution in [0.1, 0.15) is 30.9 Å². The molecule has 17 heavy (non-hydrogen) atoms. The van der Waals surface area contributed by atoms with Crippen LogP contribution in [0.25, 0.3) is 0 Å². The molecule has 1 atom stereocenters. The maximum absolute atomic E-state index is 11.7. The van der Waals surface area contributed by atoms with Gasteiger partial charge in [-0.25, -0.2) is 0 Å². The predicted molar refractivity (Wildman–Crippen MR) is 61.8 cm³/mol. The fourth-order valence-corrected chi connectivity index (χ4v) is 1.55. The van der Waals surface area contributed by atoms with Gasteiger partial charge in [0.2, 0.25) is 5.91 Å². The highest BCUT2D eigenvalue weighted by molar-refractivity contribution is 5.81. The Labute approximate surface area is 101 Å². The Kier molecular flexibility index (Phi) is 4.27. The predicted octanol–water partition coefficient (Wildman–Crippen LogP) is 1.70. The Hall–Kier alpha value is -1.83. The van der Waals surface area contributed by atoms with Crippen LogP contribution >= 0.6 is 0 Å². The SMILES string of the molecule is Cc1noc(C)c1CNC(=O)C(C#N)C(C)C. The molecule has 0 spiro atoms. The van der Waals surface area contributed by atoms with E-state index in [4.69, 9.17) is 9.78 Å². The molecule has 0 saturated heterocycles. The number of carbonyl (C=O) groups is 1. The standard InChI is InChI=1S/C12H17N3O2/c1-7(2)10(5-13)12(16)14-6-11-8(3)15-17-9(11)4/h7,10H,6H2,1-4H3,(H,14,16). The van der Waals surface area contributed by atoms with Gasteiger partial charge in [-0.15, -0.1) is 0 Å². The molecule has 5 nitrogen and oxygen atoms in total. The van der Waals surface area contributed by atoms with E-state index in [1.165, 1.54) is 0 Å². The molecule has 1 rings (SSSR count). The molecule has 5 heteroatoms. The average Bonchev–Trinajstić information content (AvgIpc) is 2.56. The molecule has 0 fully saturated rings. The Morgan fingerprint density at radius 1 is 1.53 bits per heavy atom. The lowest BCUT2D eigenvalue weighted by Gasteiger charge is -2.12. The van der Waals surface area contributed by atoms with E-state index in [0.717, 1.165) is 11.3 Å². The van der Waals surface area contributed by atoms with Crippen molar-refractivity contribution < 1.29 is 9.32 Å². The third-order valence-electron chi connectivity index (χ3n) is 2.71. The summed E-state index contributed by atoms with van der Waals surface area (Å²) in [6.45, 7) is 7.67. The number of nitrogens with zero attached hydrogens (tertiary/aromatic N) is 2. The molecule has 1 heterocycles. The first-order valence-corrected chi connectivity index (χ1v) is 5.56. The van der Waals surface area contributed by atoms with Crippen molar-refractivity contribution in [2.75, 3.05) is 0 Å². The maximum Gasteiger partial charge on any atom is 0.237 e. The second-order valence-corrected chi connectivity index (χ2v) is 4.37. The normalized spacial score (nSPS) is 12.2. The second kappa shape index (κ2) is 5.48. The Balaban J connectivity index is 2.63. The maximum atomic E-state index is 11.7. The van der Waals surface area contributed by atoms with E-state index in [9.17, 15) is 4.79 Å². The second-order valence-electron chi connectivity index (χ2n) is 4.37. The smallest absolute Gasteiger partial charge is 0.237 e. The third kappa shape index (κ3) is 3.06. The number of hydrogen-bond acceptors (Lipinski definition) is 4. The molecule has 0 saturated carbocycles. The van der Waals surface area contributed by atoms with Gasteiger partial charge in [0.25, 0.3) is 0 Å². The Morgan fingerprint density at radius 3 is 2.59 bits per heavy atom. The molecule has 1 unspecified atom stereocenters. The van der Waals surface area contributed by atoms with Crippen LogP contribution < -0.4 is 5.32 Å². The fraction of sp³-hybridized carbons (Fsp3) is 0.583.